The molecule has 19 heavy (non-hydrogen) atoms. The highest BCUT2D eigenvalue weighted by Gasteiger charge is 2.10. The van der Waals surface area contributed by atoms with Crippen LogP contribution < -0.4 is 4.90 Å². The molecule has 0 aliphatic rings. The monoisotopic (exact) mass is 281 g/mol. The fraction of sp³-hybridized carbons (Fsp3) is 0.545. The van der Waals surface area contributed by atoms with Crippen molar-refractivity contribution in [3.05, 3.63) is 17.9 Å². The van der Waals surface area contributed by atoms with Crippen LogP contribution in [-0.2, 0) is 0 Å². The van der Waals surface area contributed by atoms with Crippen molar-refractivity contribution >= 4 is 17.5 Å². The molecule has 0 aliphatic heterocycles. The Bertz CT molecular complexity index is 514. The van der Waals surface area contributed by atoms with Crippen molar-refractivity contribution in [2.45, 2.75) is 26.2 Å². The van der Waals surface area contributed by atoms with Crippen LogP contribution in [0.3, 0.4) is 0 Å². The SMILES string of the molecule is CCCCCN(C)c1nc(Cl)nc(-n2cncn2)n1. The minimum Gasteiger partial charge on any atom is -0.344 e. The third-order valence-corrected chi connectivity index (χ3v) is 2.82. The van der Waals surface area contributed by atoms with Gasteiger partial charge >= 0.3 is 0 Å². The predicted molar refractivity (Wildman–Crippen MR) is 72.5 cm³/mol. The summed E-state index contributed by atoms with van der Waals surface area (Å²) in [5.41, 5.74) is 0. The Morgan fingerprint density at radius 2 is 2.11 bits per heavy atom. The van der Waals surface area contributed by atoms with Crippen LogP contribution in [0.1, 0.15) is 26.2 Å². The van der Waals surface area contributed by atoms with Crippen molar-refractivity contribution in [3.63, 3.8) is 0 Å². The minimum atomic E-state index is 0.151. The van der Waals surface area contributed by atoms with Gasteiger partial charge in [-0.1, -0.05) is 19.8 Å². The number of anilines is 1. The predicted octanol–water partition coefficient (Wildman–Crippen LogP) is 1.73. The van der Waals surface area contributed by atoms with Gasteiger partial charge in [-0.25, -0.2) is 4.98 Å². The van der Waals surface area contributed by atoms with Crippen LogP contribution in [0, 0.1) is 0 Å². The molecule has 0 radical (unpaired) electrons. The number of unbranched alkanes of at least 4 members (excludes halogenated alkanes) is 2. The summed E-state index contributed by atoms with van der Waals surface area (Å²) in [5, 5.41) is 4.13. The van der Waals surface area contributed by atoms with E-state index in [1.165, 1.54) is 30.2 Å². The molecule has 0 amide bonds. The molecule has 0 N–H and O–H groups in total. The summed E-state index contributed by atoms with van der Waals surface area (Å²) in [7, 11) is 1.94. The Morgan fingerprint density at radius 1 is 1.26 bits per heavy atom. The third-order valence-electron chi connectivity index (χ3n) is 2.65. The number of aromatic nitrogens is 6. The van der Waals surface area contributed by atoms with Gasteiger partial charge in [0, 0.05) is 13.6 Å². The highest BCUT2D eigenvalue weighted by Crippen LogP contribution is 2.12. The van der Waals surface area contributed by atoms with Crippen molar-refractivity contribution in [2.75, 3.05) is 18.5 Å². The summed E-state index contributed by atoms with van der Waals surface area (Å²) in [5.74, 6) is 0.913. The maximum Gasteiger partial charge on any atom is 0.258 e. The first-order valence-corrected chi connectivity index (χ1v) is 6.56. The van der Waals surface area contributed by atoms with Gasteiger partial charge in [0.25, 0.3) is 5.95 Å². The second kappa shape index (κ2) is 6.42. The van der Waals surface area contributed by atoms with E-state index in [0.717, 1.165) is 13.0 Å². The number of hydrogen-bond donors (Lipinski definition) is 0. The number of halogens is 1. The van der Waals surface area contributed by atoms with Crippen LogP contribution in [0.5, 0.6) is 0 Å². The highest BCUT2D eigenvalue weighted by atomic mass is 35.5. The van der Waals surface area contributed by atoms with Gasteiger partial charge in [0.1, 0.15) is 12.7 Å². The summed E-state index contributed by atoms with van der Waals surface area (Å²) < 4.78 is 1.46. The molecule has 0 saturated heterocycles. The van der Waals surface area contributed by atoms with Crippen molar-refractivity contribution < 1.29 is 0 Å². The molecule has 0 saturated carbocycles. The molecule has 0 atom stereocenters. The molecule has 0 bridgehead atoms. The normalized spacial score (nSPS) is 10.7. The maximum absolute atomic E-state index is 5.92. The molecule has 2 aromatic rings. The molecule has 0 aliphatic carbocycles. The minimum absolute atomic E-state index is 0.151. The first-order valence-electron chi connectivity index (χ1n) is 6.18. The van der Waals surface area contributed by atoms with E-state index >= 15 is 0 Å². The van der Waals surface area contributed by atoms with Gasteiger partial charge in [0.05, 0.1) is 0 Å². The van der Waals surface area contributed by atoms with E-state index in [4.69, 9.17) is 11.6 Å². The molecule has 102 valence electrons. The Kier molecular flexibility index (Phi) is 4.62. The Labute approximate surface area is 116 Å². The molecule has 0 aromatic carbocycles. The van der Waals surface area contributed by atoms with E-state index in [0.29, 0.717) is 11.9 Å². The summed E-state index contributed by atoms with van der Waals surface area (Å²) >= 11 is 5.92. The Morgan fingerprint density at radius 3 is 2.79 bits per heavy atom. The van der Waals surface area contributed by atoms with E-state index in [9.17, 15) is 0 Å². The fourth-order valence-corrected chi connectivity index (χ4v) is 1.76. The summed E-state index contributed by atoms with van der Waals surface area (Å²) in [6.45, 7) is 3.05. The van der Waals surface area contributed by atoms with Gasteiger partial charge in [0.15, 0.2) is 0 Å². The lowest BCUT2D eigenvalue weighted by Gasteiger charge is -2.17. The Hall–Kier alpha value is -1.76. The molecule has 2 rings (SSSR count). The third kappa shape index (κ3) is 3.60. The average Bonchev–Trinajstić information content (AvgIpc) is 2.92. The molecule has 0 unspecified atom stereocenters. The van der Waals surface area contributed by atoms with Gasteiger partial charge < -0.3 is 4.90 Å². The zero-order valence-electron chi connectivity index (χ0n) is 11.0. The average molecular weight is 282 g/mol. The smallest absolute Gasteiger partial charge is 0.258 e. The molecule has 2 aromatic heterocycles. The van der Waals surface area contributed by atoms with E-state index in [2.05, 4.69) is 32.0 Å². The van der Waals surface area contributed by atoms with Gasteiger partial charge in [-0.15, -0.1) is 0 Å². The van der Waals surface area contributed by atoms with Crippen LogP contribution in [0.4, 0.5) is 5.95 Å². The Balaban J connectivity index is 2.17. The van der Waals surface area contributed by atoms with Crippen LogP contribution in [0.15, 0.2) is 12.7 Å². The lowest BCUT2D eigenvalue weighted by atomic mass is 10.2. The summed E-state index contributed by atoms with van der Waals surface area (Å²) in [6.07, 6.45) is 6.39. The van der Waals surface area contributed by atoms with Gasteiger partial charge in [-0.05, 0) is 18.0 Å². The standard InChI is InChI=1S/C11H16ClN7/c1-3-4-5-6-18(2)10-15-9(12)16-11(17-10)19-8-13-7-14-19/h7-8H,3-6H2,1-2H3. The second-order valence-electron chi connectivity index (χ2n) is 4.17. The van der Waals surface area contributed by atoms with Crippen molar-refractivity contribution in [2.24, 2.45) is 0 Å². The molecule has 8 heteroatoms. The highest BCUT2D eigenvalue weighted by molar-refractivity contribution is 6.28. The summed E-state index contributed by atoms with van der Waals surface area (Å²) in [6, 6.07) is 0. The number of rotatable bonds is 6. The zero-order chi connectivity index (χ0) is 13.7. The summed E-state index contributed by atoms with van der Waals surface area (Å²) in [4.78, 5) is 18.3. The van der Waals surface area contributed by atoms with E-state index in [-0.39, 0.29) is 5.28 Å². The van der Waals surface area contributed by atoms with Crippen LogP contribution >= 0.6 is 11.6 Å². The molecule has 0 fully saturated rings. The van der Waals surface area contributed by atoms with Crippen molar-refractivity contribution in [1.29, 1.82) is 0 Å². The van der Waals surface area contributed by atoms with Crippen LogP contribution in [0.25, 0.3) is 5.95 Å². The van der Waals surface area contributed by atoms with E-state index in [1.54, 1.807) is 0 Å². The van der Waals surface area contributed by atoms with E-state index in [1.807, 2.05) is 11.9 Å². The first-order chi connectivity index (χ1) is 9.20. The molecule has 7 nitrogen and oxygen atoms in total. The fourth-order valence-electron chi connectivity index (χ4n) is 1.61. The molecular weight excluding hydrogens is 266 g/mol. The van der Waals surface area contributed by atoms with Crippen molar-refractivity contribution in [3.8, 4) is 5.95 Å². The lowest BCUT2D eigenvalue weighted by Crippen LogP contribution is -2.22. The van der Waals surface area contributed by atoms with Crippen LogP contribution in [-0.4, -0.2) is 43.3 Å². The largest absolute Gasteiger partial charge is 0.344 e. The maximum atomic E-state index is 5.92. The molecular formula is C11H16ClN7. The zero-order valence-corrected chi connectivity index (χ0v) is 11.7. The van der Waals surface area contributed by atoms with Gasteiger partial charge in [-0.3, -0.25) is 0 Å². The first kappa shape index (κ1) is 13.7. The topological polar surface area (TPSA) is 72.6 Å². The molecule has 0 spiro atoms. The van der Waals surface area contributed by atoms with Crippen molar-refractivity contribution in [1.82, 2.24) is 29.7 Å². The molecule has 2 heterocycles. The van der Waals surface area contributed by atoms with Crippen LogP contribution in [0.2, 0.25) is 5.28 Å². The number of hydrogen-bond acceptors (Lipinski definition) is 6. The van der Waals surface area contributed by atoms with E-state index < -0.39 is 0 Å². The van der Waals surface area contributed by atoms with Gasteiger partial charge in [-0.2, -0.15) is 24.7 Å². The lowest BCUT2D eigenvalue weighted by molar-refractivity contribution is 0.690. The number of nitrogens with zero attached hydrogens (tertiary/aromatic N) is 7. The van der Waals surface area contributed by atoms with Gasteiger partial charge in [0.2, 0.25) is 11.2 Å². The quantitative estimate of drug-likeness (QED) is 0.751. The second-order valence-corrected chi connectivity index (χ2v) is 4.51.